The van der Waals surface area contributed by atoms with E-state index in [1.807, 2.05) is 0 Å². The quantitative estimate of drug-likeness (QED) is 0.745. The molecule has 0 N–H and O–H groups in total. The molecule has 2 aliphatic carbocycles. The average molecular weight is 306 g/mol. The third-order valence-corrected chi connectivity index (χ3v) is 7.73. The second-order valence-corrected chi connectivity index (χ2v) is 8.18. The first-order valence-corrected chi connectivity index (χ1v) is 8.85. The fraction of sp³-hybridized carbons (Fsp3) is 0.550. The first-order valence-electron chi connectivity index (χ1n) is 8.85. The molecule has 3 nitrogen and oxygen atoms in total. The molecule has 1 unspecified atom stereocenters. The van der Waals surface area contributed by atoms with Crippen molar-refractivity contribution in [3.63, 3.8) is 0 Å². The summed E-state index contributed by atoms with van der Waals surface area (Å²) in [5, 5.41) is 0. The third-order valence-electron chi connectivity index (χ3n) is 7.73. The Hall–Kier alpha value is -1.45. The number of benzene rings is 1. The minimum atomic E-state index is 0.0347. The zero-order valence-electron chi connectivity index (χ0n) is 13.5. The fourth-order valence-electron chi connectivity index (χ4n) is 6.95. The molecule has 1 aromatic carbocycles. The highest BCUT2D eigenvalue weighted by Crippen LogP contribution is 2.70. The van der Waals surface area contributed by atoms with Crippen molar-refractivity contribution in [3.8, 4) is 0 Å². The second-order valence-electron chi connectivity index (χ2n) is 8.18. The summed E-state index contributed by atoms with van der Waals surface area (Å²) in [7, 11) is 2.29. The molecule has 6 aliphatic rings. The van der Waals surface area contributed by atoms with Crippen LogP contribution >= 0.6 is 0 Å². The molecule has 1 spiro atoms. The lowest BCUT2D eigenvalue weighted by Crippen LogP contribution is -2.78. The molecule has 5 bridgehead atoms. The molecular formula is C20H22N2O. The van der Waals surface area contributed by atoms with Gasteiger partial charge in [0.2, 0.25) is 0 Å². The summed E-state index contributed by atoms with van der Waals surface area (Å²) in [5.74, 6) is 1.35. The summed E-state index contributed by atoms with van der Waals surface area (Å²) in [4.78, 5) is 7.70. The zero-order valence-corrected chi connectivity index (χ0v) is 13.5. The summed E-state index contributed by atoms with van der Waals surface area (Å²) in [6.45, 7) is 6.37. The van der Waals surface area contributed by atoms with E-state index in [-0.39, 0.29) is 16.9 Å². The van der Waals surface area contributed by atoms with Crippen LogP contribution in [0, 0.1) is 17.3 Å². The monoisotopic (exact) mass is 306 g/mol. The first kappa shape index (κ1) is 12.9. The molecule has 7 rings (SSSR count). The van der Waals surface area contributed by atoms with Crippen molar-refractivity contribution in [2.24, 2.45) is 22.2 Å². The Labute approximate surface area is 137 Å². The predicted octanol–water partition coefficient (Wildman–Crippen LogP) is 2.94. The zero-order chi connectivity index (χ0) is 15.4. The maximum absolute atomic E-state index is 6.32. The number of nitrogens with zero attached hydrogens (tertiary/aromatic N) is 2. The minimum Gasteiger partial charge on any atom is -0.372 e. The predicted molar refractivity (Wildman–Crippen MR) is 90.2 cm³/mol. The number of fused-ring (bicyclic) bond motifs is 4. The fourth-order valence-corrected chi connectivity index (χ4v) is 6.95. The molecule has 0 aromatic heterocycles. The molecule has 6 atom stereocenters. The Morgan fingerprint density at radius 3 is 3.13 bits per heavy atom. The highest BCUT2D eigenvalue weighted by atomic mass is 16.5. The highest BCUT2D eigenvalue weighted by molar-refractivity contribution is 6.07. The van der Waals surface area contributed by atoms with Gasteiger partial charge in [-0.15, -0.1) is 6.58 Å². The smallest absolute Gasteiger partial charge is 0.0968 e. The van der Waals surface area contributed by atoms with E-state index < -0.39 is 0 Å². The van der Waals surface area contributed by atoms with E-state index in [9.17, 15) is 0 Å². The Morgan fingerprint density at radius 1 is 1.39 bits per heavy atom. The summed E-state index contributed by atoms with van der Waals surface area (Å²) in [6, 6.07) is 9.39. The standard InChI is InChI=1S/C20H22N2O/c1-3-19-11-22(2)16-9-20(19)13-6-4-5-7-15(13)21-18(20)17-8-14(19)12(16)10-23-17/h3-7,12,14,16-17H,1,8-11H2,2H3/t12-,14+,16-,17?,19-,20-/m0/s1. The van der Waals surface area contributed by atoms with Crippen molar-refractivity contribution in [2.75, 3.05) is 20.2 Å². The van der Waals surface area contributed by atoms with Crippen molar-refractivity contribution in [2.45, 2.75) is 30.4 Å². The Balaban J connectivity index is 1.72. The lowest BCUT2D eigenvalue weighted by atomic mass is 9.38. The number of para-hydroxylation sites is 1. The van der Waals surface area contributed by atoms with Crippen LogP contribution in [0.5, 0.6) is 0 Å². The second kappa shape index (κ2) is 3.79. The van der Waals surface area contributed by atoms with Gasteiger partial charge in [-0.25, -0.2) is 0 Å². The normalized spacial score (nSPS) is 48.8. The highest BCUT2D eigenvalue weighted by Gasteiger charge is 2.74. The van der Waals surface area contributed by atoms with Crippen LogP contribution in [-0.4, -0.2) is 43.0 Å². The molecule has 4 heterocycles. The van der Waals surface area contributed by atoms with Gasteiger partial charge in [0.15, 0.2) is 0 Å². The molecule has 3 heteroatoms. The molecule has 2 saturated carbocycles. The van der Waals surface area contributed by atoms with Gasteiger partial charge in [-0.05, 0) is 37.4 Å². The lowest BCUT2D eigenvalue weighted by molar-refractivity contribution is -0.190. The largest absolute Gasteiger partial charge is 0.372 e. The van der Waals surface area contributed by atoms with Crippen LogP contribution in [0.1, 0.15) is 18.4 Å². The van der Waals surface area contributed by atoms with Gasteiger partial charge in [-0.2, -0.15) is 0 Å². The van der Waals surface area contributed by atoms with E-state index in [0.29, 0.717) is 17.9 Å². The average Bonchev–Trinajstić information content (AvgIpc) is 2.90. The maximum atomic E-state index is 6.32. The number of ether oxygens (including phenoxy) is 1. The van der Waals surface area contributed by atoms with Crippen molar-refractivity contribution in [3.05, 3.63) is 42.5 Å². The SMILES string of the molecule is C=C[C@@]12CN(C)[C@H]3C[C@]14C(=Nc1ccccc14)C1C[C@@H]2[C@@H]3CO1. The van der Waals surface area contributed by atoms with Gasteiger partial charge in [-0.1, -0.05) is 24.3 Å². The van der Waals surface area contributed by atoms with Crippen LogP contribution in [0.15, 0.2) is 41.9 Å². The van der Waals surface area contributed by atoms with E-state index in [0.717, 1.165) is 19.6 Å². The maximum Gasteiger partial charge on any atom is 0.0968 e. The number of hydrogen-bond donors (Lipinski definition) is 0. The van der Waals surface area contributed by atoms with Crippen LogP contribution in [-0.2, 0) is 10.2 Å². The molecule has 4 aliphatic heterocycles. The number of hydrogen-bond acceptors (Lipinski definition) is 3. The van der Waals surface area contributed by atoms with Gasteiger partial charge >= 0.3 is 0 Å². The Morgan fingerprint density at radius 2 is 2.26 bits per heavy atom. The van der Waals surface area contributed by atoms with Crippen molar-refractivity contribution < 1.29 is 4.74 Å². The molecule has 3 saturated heterocycles. The number of piperidine rings is 2. The van der Waals surface area contributed by atoms with Gasteiger partial charge in [0, 0.05) is 23.9 Å². The molecule has 5 fully saturated rings. The van der Waals surface area contributed by atoms with E-state index in [4.69, 9.17) is 9.73 Å². The van der Waals surface area contributed by atoms with Gasteiger partial charge in [-0.3, -0.25) is 4.99 Å². The number of rotatable bonds is 1. The van der Waals surface area contributed by atoms with Crippen LogP contribution in [0.4, 0.5) is 5.69 Å². The van der Waals surface area contributed by atoms with Crippen molar-refractivity contribution >= 4 is 11.4 Å². The molecule has 0 amide bonds. The van der Waals surface area contributed by atoms with Crippen LogP contribution in [0.3, 0.4) is 0 Å². The van der Waals surface area contributed by atoms with Crippen molar-refractivity contribution in [1.29, 1.82) is 0 Å². The van der Waals surface area contributed by atoms with E-state index in [1.54, 1.807) is 0 Å². The van der Waals surface area contributed by atoms with Gasteiger partial charge in [0.05, 0.1) is 29.5 Å². The number of aliphatic imine (C=N–C) groups is 1. The summed E-state index contributed by atoms with van der Waals surface area (Å²) < 4.78 is 6.32. The van der Waals surface area contributed by atoms with Crippen molar-refractivity contribution in [1.82, 2.24) is 4.90 Å². The molecule has 0 radical (unpaired) electrons. The summed E-state index contributed by atoms with van der Waals surface area (Å²) in [6.07, 6.45) is 4.85. The van der Waals surface area contributed by atoms with E-state index in [1.165, 1.54) is 23.4 Å². The summed E-state index contributed by atoms with van der Waals surface area (Å²) >= 11 is 0. The van der Waals surface area contributed by atoms with E-state index >= 15 is 0 Å². The minimum absolute atomic E-state index is 0.0347. The van der Waals surface area contributed by atoms with Gasteiger partial charge in [0.1, 0.15) is 0 Å². The van der Waals surface area contributed by atoms with Gasteiger partial charge < -0.3 is 9.64 Å². The molecular weight excluding hydrogens is 284 g/mol. The Bertz CT molecular complexity index is 771. The topological polar surface area (TPSA) is 24.8 Å². The third kappa shape index (κ3) is 1.15. The first-order chi connectivity index (χ1) is 11.2. The molecule has 1 aromatic rings. The van der Waals surface area contributed by atoms with Crippen LogP contribution in [0.25, 0.3) is 0 Å². The molecule has 23 heavy (non-hydrogen) atoms. The summed E-state index contributed by atoms with van der Waals surface area (Å²) in [5.41, 5.74) is 4.07. The van der Waals surface area contributed by atoms with E-state index in [2.05, 4.69) is 48.9 Å². The van der Waals surface area contributed by atoms with Gasteiger partial charge in [0.25, 0.3) is 0 Å². The van der Waals surface area contributed by atoms with Crippen LogP contribution < -0.4 is 0 Å². The lowest BCUT2D eigenvalue weighted by Gasteiger charge is -2.72. The van der Waals surface area contributed by atoms with Crippen LogP contribution in [0.2, 0.25) is 0 Å². The molecule has 118 valence electrons. The Kier molecular flexibility index (Phi) is 2.12.